The molecule has 152 valence electrons. The first-order valence-electron chi connectivity index (χ1n) is 9.78. The number of anilines is 2. The first-order valence-corrected chi connectivity index (χ1v) is 10.4. The molecule has 1 saturated heterocycles. The maximum atomic E-state index is 13.9. The van der Waals surface area contributed by atoms with Crippen LogP contribution in [0.3, 0.4) is 0 Å². The third-order valence-corrected chi connectivity index (χ3v) is 5.66. The predicted octanol–water partition coefficient (Wildman–Crippen LogP) is 4.80. The normalized spacial score (nSPS) is 15.7. The van der Waals surface area contributed by atoms with Crippen LogP contribution in [0.1, 0.15) is 30.9 Å². The van der Waals surface area contributed by atoms with E-state index in [2.05, 4.69) is 27.1 Å². The maximum absolute atomic E-state index is 13.9. The number of nitrogens with one attached hydrogen (secondary N) is 1. The van der Waals surface area contributed by atoms with Gasteiger partial charge in [-0.3, -0.25) is 0 Å². The molecular weight excluding hydrogens is 391 g/mol. The number of piperidine rings is 1. The average Bonchev–Trinajstić information content (AvgIpc) is 2.72. The van der Waals surface area contributed by atoms with Gasteiger partial charge in [0.2, 0.25) is 5.95 Å². The van der Waals surface area contributed by atoms with Crippen LogP contribution in [-0.4, -0.2) is 28.0 Å². The lowest BCUT2D eigenvalue weighted by Crippen LogP contribution is -2.34. The van der Waals surface area contributed by atoms with E-state index in [0.717, 1.165) is 31.3 Å². The summed E-state index contributed by atoms with van der Waals surface area (Å²) in [4.78, 5) is 15.9. The standard InChI is InChI=1S/C21H24F2N5P/c1-14-8-11-28(12-9-14)20-26-18-16(6-4-10-24-18)19(27-20)25-13-15-5-2-3-7-17(15)21(22,23)29/h2-7,10,14H,8-9,11-13,29H2,1H3,(H,24,25,26,27). The first-order chi connectivity index (χ1) is 13.9. The number of rotatable bonds is 5. The van der Waals surface area contributed by atoms with Crippen molar-refractivity contribution in [2.45, 2.75) is 32.0 Å². The van der Waals surface area contributed by atoms with Crippen LogP contribution < -0.4 is 10.2 Å². The number of nitrogens with zero attached hydrogens (tertiary/aromatic N) is 4. The van der Waals surface area contributed by atoms with Crippen LogP contribution in [0.5, 0.6) is 0 Å². The fourth-order valence-electron chi connectivity index (χ4n) is 3.61. The van der Waals surface area contributed by atoms with Crippen molar-refractivity contribution in [2.24, 2.45) is 5.92 Å². The van der Waals surface area contributed by atoms with Gasteiger partial charge in [-0.15, -0.1) is 0 Å². The topological polar surface area (TPSA) is 53.9 Å². The van der Waals surface area contributed by atoms with Crippen LogP contribution in [-0.2, 0) is 12.2 Å². The van der Waals surface area contributed by atoms with Gasteiger partial charge in [-0.2, -0.15) is 18.7 Å². The zero-order chi connectivity index (χ0) is 20.4. The molecule has 5 nitrogen and oxygen atoms in total. The summed E-state index contributed by atoms with van der Waals surface area (Å²) < 4.78 is 27.9. The summed E-state index contributed by atoms with van der Waals surface area (Å²) >= 11 is 0. The minimum Gasteiger partial charge on any atom is -0.365 e. The molecule has 29 heavy (non-hydrogen) atoms. The molecule has 1 aliphatic heterocycles. The van der Waals surface area contributed by atoms with Gasteiger partial charge in [-0.1, -0.05) is 40.4 Å². The van der Waals surface area contributed by atoms with Crippen molar-refractivity contribution in [3.05, 3.63) is 53.7 Å². The Morgan fingerprint density at radius 2 is 1.90 bits per heavy atom. The molecule has 3 heterocycles. The van der Waals surface area contributed by atoms with Crippen molar-refractivity contribution in [1.29, 1.82) is 0 Å². The molecular formula is C21H24F2N5P. The van der Waals surface area contributed by atoms with Gasteiger partial charge in [-0.05, 0) is 36.5 Å². The Morgan fingerprint density at radius 3 is 2.66 bits per heavy atom. The van der Waals surface area contributed by atoms with Crippen LogP contribution in [0.25, 0.3) is 11.0 Å². The highest BCUT2D eigenvalue weighted by atomic mass is 31.0. The molecule has 4 rings (SSSR count). The van der Waals surface area contributed by atoms with E-state index in [1.165, 1.54) is 6.07 Å². The number of benzene rings is 1. The zero-order valence-corrected chi connectivity index (χ0v) is 17.4. The van der Waals surface area contributed by atoms with Crippen molar-refractivity contribution < 1.29 is 8.78 Å². The first kappa shape index (κ1) is 19.9. The molecule has 0 aliphatic carbocycles. The molecule has 1 fully saturated rings. The SMILES string of the molecule is CC1CCN(c2nc(NCc3ccccc3C(F)(F)P)c3cccnc3n2)CC1. The van der Waals surface area contributed by atoms with E-state index < -0.39 is 5.66 Å². The largest absolute Gasteiger partial charge is 0.365 e. The van der Waals surface area contributed by atoms with Gasteiger partial charge in [0, 0.05) is 31.4 Å². The van der Waals surface area contributed by atoms with E-state index >= 15 is 0 Å². The van der Waals surface area contributed by atoms with Crippen molar-refractivity contribution in [2.75, 3.05) is 23.3 Å². The Kier molecular flexibility index (Phi) is 5.59. The molecule has 2 aromatic heterocycles. The lowest BCUT2D eigenvalue weighted by Gasteiger charge is -2.30. The molecule has 0 amide bonds. The summed E-state index contributed by atoms with van der Waals surface area (Å²) in [6.07, 6.45) is 3.90. The third-order valence-electron chi connectivity index (χ3n) is 5.35. The van der Waals surface area contributed by atoms with Gasteiger partial charge in [0.15, 0.2) is 5.65 Å². The summed E-state index contributed by atoms with van der Waals surface area (Å²) in [5.41, 5.74) is -1.87. The predicted molar refractivity (Wildman–Crippen MR) is 115 cm³/mol. The number of aromatic nitrogens is 3. The molecule has 0 bridgehead atoms. The molecule has 0 saturated carbocycles. The smallest absolute Gasteiger partial charge is 0.284 e. The third kappa shape index (κ3) is 4.45. The van der Waals surface area contributed by atoms with E-state index in [-0.39, 0.29) is 12.1 Å². The fourth-order valence-corrected chi connectivity index (χ4v) is 3.90. The fraction of sp³-hybridized carbons (Fsp3) is 0.381. The molecule has 1 unspecified atom stereocenters. The zero-order valence-electron chi connectivity index (χ0n) is 16.3. The molecule has 1 atom stereocenters. The number of fused-ring (bicyclic) bond motifs is 1. The van der Waals surface area contributed by atoms with E-state index in [9.17, 15) is 8.78 Å². The number of pyridine rings is 1. The van der Waals surface area contributed by atoms with Gasteiger partial charge in [0.05, 0.1) is 5.39 Å². The lowest BCUT2D eigenvalue weighted by atomic mass is 10.00. The molecule has 3 aromatic rings. The molecule has 1 aliphatic rings. The van der Waals surface area contributed by atoms with Crippen LogP contribution in [0.4, 0.5) is 20.5 Å². The second kappa shape index (κ2) is 8.15. The van der Waals surface area contributed by atoms with Crippen LogP contribution in [0.2, 0.25) is 0 Å². The maximum Gasteiger partial charge on any atom is 0.284 e. The second-order valence-electron chi connectivity index (χ2n) is 7.55. The average molecular weight is 415 g/mol. The van der Waals surface area contributed by atoms with Crippen molar-refractivity contribution >= 4 is 32.0 Å². The highest BCUT2D eigenvalue weighted by molar-refractivity contribution is 7.17. The van der Waals surface area contributed by atoms with E-state index in [4.69, 9.17) is 4.98 Å². The highest BCUT2D eigenvalue weighted by Gasteiger charge is 2.27. The van der Waals surface area contributed by atoms with Crippen LogP contribution >= 0.6 is 9.24 Å². The van der Waals surface area contributed by atoms with Crippen LogP contribution in [0, 0.1) is 5.92 Å². The quantitative estimate of drug-likeness (QED) is 0.607. The number of hydrogen-bond donors (Lipinski definition) is 1. The Hall–Kier alpha value is -2.40. The number of halogens is 2. The Labute approximate surface area is 171 Å². The van der Waals surface area contributed by atoms with Gasteiger partial charge in [0.1, 0.15) is 5.82 Å². The molecule has 0 spiro atoms. The van der Waals surface area contributed by atoms with Gasteiger partial charge in [-0.25, -0.2) is 4.98 Å². The molecule has 8 heteroatoms. The molecule has 0 radical (unpaired) electrons. The second-order valence-corrected chi connectivity index (χ2v) is 8.28. The van der Waals surface area contributed by atoms with Crippen molar-refractivity contribution in [1.82, 2.24) is 15.0 Å². The minimum atomic E-state index is -2.98. The summed E-state index contributed by atoms with van der Waals surface area (Å²) in [5, 5.41) is 4.02. The Balaban J connectivity index is 1.65. The van der Waals surface area contributed by atoms with E-state index in [1.54, 1.807) is 33.6 Å². The summed E-state index contributed by atoms with van der Waals surface area (Å²) in [7, 11) is 1.61. The molecule has 1 N–H and O–H groups in total. The van der Waals surface area contributed by atoms with Crippen LogP contribution in [0.15, 0.2) is 42.6 Å². The van der Waals surface area contributed by atoms with E-state index in [0.29, 0.717) is 28.9 Å². The van der Waals surface area contributed by atoms with Gasteiger partial charge < -0.3 is 10.2 Å². The lowest BCUT2D eigenvalue weighted by molar-refractivity contribution is 0.103. The summed E-state index contributed by atoms with van der Waals surface area (Å²) in [6.45, 7) is 4.30. The van der Waals surface area contributed by atoms with E-state index in [1.807, 2.05) is 12.1 Å². The highest BCUT2D eigenvalue weighted by Crippen LogP contribution is 2.37. The van der Waals surface area contributed by atoms with Gasteiger partial charge >= 0.3 is 0 Å². The summed E-state index contributed by atoms with van der Waals surface area (Å²) in [5.74, 6) is 1.95. The molecule has 1 aromatic carbocycles. The number of alkyl halides is 2. The Morgan fingerprint density at radius 1 is 1.14 bits per heavy atom. The minimum absolute atomic E-state index is 0.0146. The van der Waals surface area contributed by atoms with Crippen molar-refractivity contribution in [3.8, 4) is 0 Å². The summed E-state index contributed by atoms with van der Waals surface area (Å²) in [6, 6.07) is 10.2. The van der Waals surface area contributed by atoms with Crippen molar-refractivity contribution in [3.63, 3.8) is 0 Å². The number of hydrogen-bond acceptors (Lipinski definition) is 5. The monoisotopic (exact) mass is 415 g/mol. The van der Waals surface area contributed by atoms with Gasteiger partial charge in [0.25, 0.3) is 5.66 Å². The Bertz CT molecular complexity index is 1000.